The lowest BCUT2D eigenvalue weighted by atomic mass is 10.1. The first-order valence-corrected chi connectivity index (χ1v) is 10.8. The average Bonchev–Trinajstić information content (AvgIpc) is 3.46. The molecule has 0 bridgehead atoms. The van der Waals surface area contributed by atoms with Crippen LogP contribution < -0.4 is 9.64 Å². The van der Waals surface area contributed by atoms with Crippen molar-refractivity contribution < 1.29 is 9.37 Å². The summed E-state index contributed by atoms with van der Waals surface area (Å²) in [7, 11) is 1.69. The number of aromatic nitrogens is 4. The number of para-hydroxylation sites is 1. The minimum absolute atomic E-state index is 0.823. The number of piperazine rings is 1. The molecule has 2 aromatic heterocycles. The lowest BCUT2D eigenvalue weighted by Gasteiger charge is -2.34. The lowest BCUT2D eigenvalue weighted by molar-refractivity contribution is 0.247. The number of benzene rings is 2. The fourth-order valence-corrected chi connectivity index (χ4v) is 4.12. The minimum Gasteiger partial charge on any atom is -0.497 e. The Hall–Kier alpha value is -3.65. The van der Waals surface area contributed by atoms with Crippen LogP contribution in [0.3, 0.4) is 0 Å². The monoisotopic (exact) mass is 430 g/mol. The molecule has 2 aromatic carbocycles. The number of anilines is 1. The summed E-state index contributed by atoms with van der Waals surface area (Å²) in [6.07, 6.45) is 2.14. The van der Waals surface area contributed by atoms with Crippen LogP contribution >= 0.6 is 0 Å². The van der Waals surface area contributed by atoms with Crippen molar-refractivity contribution in [2.45, 2.75) is 13.5 Å². The van der Waals surface area contributed by atoms with Crippen molar-refractivity contribution in [3.05, 3.63) is 72.1 Å². The third-order valence-electron chi connectivity index (χ3n) is 5.85. The predicted molar refractivity (Wildman–Crippen MR) is 122 cm³/mol. The smallest absolute Gasteiger partial charge is 0.196 e. The third kappa shape index (κ3) is 4.09. The van der Waals surface area contributed by atoms with Crippen LogP contribution in [0, 0.1) is 6.92 Å². The number of nitrogens with zero attached hydrogens (tertiary/aromatic N) is 6. The lowest BCUT2D eigenvalue weighted by Crippen LogP contribution is -2.46. The van der Waals surface area contributed by atoms with Gasteiger partial charge in [0.25, 0.3) is 0 Å². The zero-order chi connectivity index (χ0) is 21.9. The Kier molecular flexibility index (Phi) is 5.60. The van der Waals surface area contributed by atoms with E-state index in [4.69, 9.17) is 14.5 Å². The Morgan fingerprint density at radius 2 is 1.78 bits per heavy atom. The van der Waals surface area contributed by atoms with Gasteiger partial charge in [-0.15, -0.1) is 0 Å². The van der Waals surface area contributed by atoms with Crippen molar-refractivity contribution in [2.24, 2.45) is 0 Å². The SMILES string of the molecule is COc1cccc(-c2nn(-c3ccccc3)cc2CN2CCN(c3nonc3C)CC2)c1. The Labute approximate surface area is 187 Å². The fraction of sp³-hybridized carbons (Fsp3) is 0.292. The van der Waals surface area contributed by atoms with Gasteiger partial charge in [-0.1, -0.05) is 35.5 Å². The van der Waals surface area contributed by atoms with E-state index >= 15 is 0 Å². The van der Waals surface area contributed by atoms with E-state index in [2.05, 4.69) is 44.5 Å². The van der Waals surface area contributed by atoms with Gasteiger partial charge in [0.15, 0.2) is 5.82 Å². The number of ether oxygens (including phenoxy) is 1. The molecule has 32 heavy (non-hydrogen) atoms. The van der Waals surface area contributed by atoms with Crippen LogP contribution in [0.1, 0.15) is 11.3 Å². The normalized spacial score (nSPS) is 14.6. The first-order valence-electron chi connectivity index (χ1n) is 10.8. The maximum atomic E-state index is 5.45. The van der Waals surface area contributed by atoms with Gasteiger partial charge in [0.05, 0.1) is 18.5 Å². The van der Waals surface area contributed by atoms with Gasteiger partial charge in [-0.05, 0) is 36.3 Å². The molecule has 1 fully saturated rings. The van der Waals surface area contributed by atoms with Crippen LogP contribution in [-0.4, -0.2) is 58.3 Å². The highest BCUT2D eigenvalue weighted by Gasteiger charge is 2.23. The summed E-state index contributed by atoms with van der Waals surface area (Å²) in [6.45, 7) is 6.38. The summed E-state index contributed by atoms with van der Waals surface area (Å²) >= 11 is 0. The summed E-state index contributed by atoms with van der Waals surface area (Å²) in [4.78, 5) is 4.69. The molecule has 0 amide bonds. The molecule has 0 saturated carbocycles. The topological polar surface area (TPSA) is 72.5 Å². The molecule has 3 heterocycles. The van der Waals surface area contributed by atoms with E-state index in [0.29, 0.717) is 0 Å². The van der Waals surface area contributed by atoms with E-state index in [-0.39, 0.29) is 0 Å². The van der Waals surface area contributed by atoms with Crippen molar-refractivity contribution in [3.63, 3.8) is 0 Å². The van der Waals surface area contributed by atoms with Crippen LogP contribution in [0.15, 0.2) is 65.4 Å². The van der Waals surface area contributed by atoms with Crippen molar-refractivity contribution >= 4 is 5.82 Å². The summed E-state index contributed by atoms with van der Waals surface area (Å²) < 4.78 is 12.3. The summed E-state index contributed by atoms with van der Waals surface area (Å²) in [5.74, 6) is 1.67. The molecular formula is C24H26N6O2. The van der Waals surface area contributed by atoms with Crippen molar-refractivity contribution in [2.75, 3.05) is 38.2 Å². The van der Waals surface area contributed by atoms with Gasteiger partial charge in [0, 0.05) is 50.0 Å². The third-order valence-corrected chi connectivity index (χ3v) is 5.85. The van der Waals surface area contributed by atoms with Crippen LogP contribution in [0.5, 0.6) is 5.75 Å². The fourth-order valence-electron chi connectivity index (χ4n) is 4.12. The van der Waals surface area contributed by atoms with Gasteiger partial charge >= 0.3 is 0 Å². The molecule has 4 aromatic rings. The van der Waals surface area contributed by atoms with Crippen molar-refractivity contribution in [1.82, 2.24) is 25.0 Å². The Bertz CT molecular complexity index is 1180. The Morgan fingerprint density at radius 3 is 2.50 bits per heavy atom. The van der Waals surface area contributed by atoms with Crippen LogP contribution in [-0.2, 0) is 6.54 Å². The summed E-state index contributed by atoms with van der Waals surface area (Å²) in [6, 6.07) is 18.3. The Morgan fingerprint density at radius 1 is 0.969 bits per heavy atom. The molecule has 0 aliphatic carbocycles. The standard InChI is InChI=1S/C24H26N6O2/c1-18-24(27-32-26-18)29-13-11-28(12-14-29)16-20-17-30(21-8-4-3-5-9-21)25-23(20)19-7-6-10-22(15-19)31-2/h3-10,15,17H,11-14,16H2,1-2H3. The Balaban J connectivity index is 1.40. The number of rotatable bonds is 6. The van der Waals surface area contributed by atoms with E-state index in [0.717, 1.165) is 66.9 Å². The first-order chi connectivity index (χ1) is 15.7. The highest BCUT2D eigenvalue weighted by Crippen LogP contribution is 2.28. The second kappa shape index (κ2) is 8.84. The zero-order valence-corrected chi connectivity index (χ0v) is 18.3. The first kappa shape index (κ1) is 20.3. The molecule has 1 aliphatic rings. The van der Waals surface area contributed by atoms with Gasteiger partial charge in [0.2, 0.25) is 0 Å². The highest BCUT2D eigenvalue weighted by atomic mass is 16.6. The molecule has 164 valence electrons. The van der Waals surface area contributed by atoms with Gasteiger partial charge < -0.3 is 9.64 Å². The second-order valence-electron chi connectivity index (χ2n) is 7.95. The van der Waals surface area contributed by atoms with Gasteiger partial charge in [-0.3, -0.25) is 4.90 Å². The largest absolute Gasteiger partial charge is 0.497 e. The van der Waals surface area contributed by atoms with Crippen LogP contribution in [0.2, 0.25) is 0 Å². The molecule has 8 heteroatoms. The molecule has 0 spiro atoms. The minimum atomic E-state index is 0.823. The molecule has 5 rings (SSSR count). The van der Waals surface area contributed by atoms with Crippen molar-refractivity contribution in [1.29, 1.82) is 0 Å². The van der Waals surface area contributed by atoms with E-state index in [9.17, 15) is 0 Å². The van der Waals surface area contributed by atoms with Gasteiger partial charge in [0.1, 0.15) is 11.4 Å². The molecule has 8 nitrogen and oxygen atoms in total. The highest BCUT2D eigenvalue weighted by molar-refractivity contribution is 5.65. The van der Waals surface area contributed by atoms with E-state index in [1.54, 1.807) is 7.11 Å². The molecule has 0 radical (unpaired) electrons. The van der Waals surface area contributed by atoms with Crippen LogP contribution in [0.4, 0.5) is 5.82 Å². The predicted octanol–water partition coefficient (Wildman–Crippen LogP) is 3.56. The van der Waals surface area contributed by atoms with Gasteiger partial charge in [-0.2, -0.15) is 5.10 Å². The number of hydrogen-bond acceptors (Lipinski definition) is 7. The summed E-state index contributed by atoms with van der Waals surface area (Å²) in [5.41, 5.74) is 5.10. The van der Waals surface area contributed by atoms with E-state index < -0.39 is 0 Å². The molecule has 0 atom stereocenters. The average molecular weight is 431 g/mol. The maximum Gasteiger partial charge on any atom is 0.196 e. The summed E-state index contributed by atoms with van der Waals surface area (Å²) in [5, 5.41) is 12.9. The number of hydrogen-bond donors (Lipinski definition) is 0. The molecule has 0 N–H and O–H groups in total. The molecular weight excluding hydrogens is 404 g/mol. The number of aryl methyl sites for hydroxylation is 1. The molecule has 1 aliphatic heterocycles. The molecule has 0 unspecified atom stereocenters. The van der Waals surface area contributed by atoms with Crippen molar-refractivity contribution in [3.8, 4) is 22.7 Å². The molecule has 1 saturated heterocycles. The van der Waals surface area contributed by atoms with E-state index in [1.165, 1.54) is 5.56 Å². The quantitative estimate of drug-likeness (QED) is 0.463. The second-order valence-corrected chi connectivity index (χ2v) is 7.95. The van der Waals surface area contributed by atoms with E-state index in [1.807, 2.05) is 48.0 Å². The maximum absolute atomic E-state index is 5.45. The number of methoxy groups -OCH3 is 1. The van der Waals surface area contributed by atoms with Crippen LogP contribution in [0.25, 0.3) is 16.9 Å². The van der Waals surface area contributed by atoms with Gasteiger partial charge in [-0.25, -0.2) is 9.31 Å². The zero-order valence-electron chi connectivity index (χ0n) is 18.3.